The summed E-state index contributed by atoms with van der Waals surface area (Å²) < 4.78 is 4.67. The van der Waals surface area contributed by atoms with Crippen LogP contribution in [0.2, 0.25) is 0 Å². The zero-order chi connectivity index (χ0) is 16.8. The van der Waals surface area contributed by atoms with Gasteiger partial charge in [-0.15, -0.1) is 0 Å². The van der Waals surface area contributed by atoms with E-state index < -0.39 is 5.97 Å². The van der Waals surface area contributed by atoms with Crippen LogP contribution in [0.3, 0.4) is 0 Å². The minimum atomic E-state index is -0.408. The highest BCUT2D eigenvalue weighted by molar-refractivity contribution is 5.93. The molecule has 0 fully saturated rings. The van der Waals surface area contributed by atoms with Crippen molar-refractivity contribution in [1.29, 1.82) is 0 Å². The highest BCUT2D eigenvalue weighted by Crippen LogP contribution is 2.17. The number of amides is 2. The van der Waals surface area contributed by atoms with Gasteiger partial charge in [0.05, 0.1) is 24.9 Å². The fourth-order valence-electron chi connectivity index (χ4n) is 2.08. The Kier molecular flexibility index (Phi) is 5.30. The summed E-state index contributed by atoms with van der Waals surface area (Å²) in [5.41, 5.74) is 3.69. The number of esters is 1. The standard InChI is InChI=1S/C17H19N3O3/c1-11-5-4-8-18-15(11)10-19-17(22)20-14-7-6-13(9-12(14)2)16(21)23-3/h4-9H,10H2,1-3H3,(H2,19,20,22). The van der Waals surface area contributed by atoms with Gasteiger partial charge >= 0.3 is 12.0 Å². The van der Waals surface area contributed by atoms with Crippen LogP contribution in [0.5, 0.6) is 0 Å². The molecule has 0 aliphatic heterocycles. The van der Waals surface area contributed by atoms with Crippen LogP contribution in [0.4, 0.5) is 10.5 Å². The number of hydrogen-bond acceptors (Lipinski definition) is 4. The average Bonchev–Trinajstić information content (AvgIpc) is 2.55. The Labute approximate surface area is 134 Å². The molecule has 0 radical (unpaired) electrons. The molecule has 2 rings (SSSR count). The summed E-state index contributed by atoms with van der Waals surface area (Å²) in [6.07, 6.45) is 1.69. The minimum Gasteiger partial charge on any atom is -0.465 e. The van der Waals surface area contributed by atoms with Crippen molar-refractivity contribution in [2.45, 2.75) is 20.4 Å². The molecule has 0 bridgehead atoms. The van der Waals surface area contributed by atoms with Gasteiger partial charge in [-0.05, 0) is 49.2 Å². The van der Waals surface area contributed by atoms with Crippen molar-refractivity contribution in [1.82, 2.24) is 10.3 Å². The first kappa shape index (κ1) is 16.5. The minimum absolute atomic E-state index is 0.330. The largest absolute Gasteiger partial charge is 0.465 e. The lowest BCUT2D eigenvalue weighted by atomic mass is 10.1. The lowest BCUT2D eigenvalue weighted by Crippen LogP contribution is -2.29. The molecule has 2 aromatic rings. The van der Waals surface area contributed by atoms with Crippen LogP contribution >= 0.6 is 0 Å². The molecule has 0 saturated heterocycles. The number of ether oxygens (including phenoxy) is 1. The maximum Gasteiger partial charge on any atom is 0.337 e. The third-order valence-electron chi connectivity index (χ3n) is 3.43. The van der Waals surface area contributed by atoms with Crippen molar-refractivity contribution in [2.24, 2.45) is 0 Å². The SMILES string of the molecule is COC(=O)c1ccc(NC(=O)NCc2ncccc2C)c(C)c1. The number of urea groups is 1. The molecule has 2 amide bonds. The molecule has 2 N–H and O–H groups in total. The van der Waals surface area contributed by atoms with E-state index in [1.807, 2.05) is 26.0 Å². The predicted molar refractivity (Wildman–Crippen MR) is 87.4 cm³/mol. The molecule has 23 heavy (non-hydrogen) atoms. The van der Waals surface area contributed by atoms with Gasteiger partial charge in [0.25, 0.3) is 0 Å². The van der Waals surface area contributed by atoms with E-state index in [0.29, 0.717) is 17.8 Å². The maximum atomic E-state index is 12.0. The number of carbonyl (C=O) groups is 2. The summed E-state index contributed by atoms with van der Waals surface area (Å²) in [6, 6.07) is 8.42. The number of methoxy groups -OCH3 is 1. The van der Waals surface area contributed by atoms with Crippen molar-refractivity contribution in [3.63, 3.8) is 0 Å². The van der Waals surface area contributed by atoms with Crippen molar-refractivity contribution < 1.29 is 14.3 Å². The van der Waals surface area contributed by atoms with E-state index in [9.17, 15) is 9.59 Å². The smallest absolute Gasteiger partial charge is 0.337 e. The molecular weight excluding hydrogens is 294 g/mol. The van der Waals surface area contributed by atoms with Gasteiger partial charge in [-0.2, -0.15) is 0 Å². The molecule has 0 aliphatic carbocycles. The van der Waals surface area contributed by atoms with Gasteiger partial charge < -0.3 is 15.4 Å². The van der Waals surface area contributed by atoms with Crippen molar-refractivity contribution in [2.75, 3.05) is 12.4 Å². The zero-order valence-electron chi connectivity index (χ0n) is 13.3. The number of nitrogens with zero attached hydrogens (tertiary/aromatic N) is 1. The summed E-state index contributed by atoms with van der Waals surface area (Å²) in [6.45, 7) is 4.10. The van der Waals surface area contributed by atoms with Crippen molar-refractivity contribution in [3.05, 3.63) is 58.9 Å². The molecule has 0 spiro atoms. The summed E-state index contributed by atoms with van der Waals surface area (Å²) in [4.78, 5) is 27.7. The lowest BCUT2D eigenvalue weighted by molar-refractivity contribution is 0.0600. The average molecular weight is 313 g/mol. The first-order chi connectivity index (χ1) is 11.0. The first-order valence-electron chi connectivity index (χ1n) is 7.15. The van der Waals surface area contributed by atoms with Gasteiger partial charge in [-0.25, -0.2) is 9.59 Å². The Hall–Kier alpha value is -2.89. The molecular formula is C17H19N3O3. The van der Waals surface area contributed by atoms with E-state index in [2.05, 4.69) is 20.4 Å². The number of anilines is 1. The van der Waals surface area contributed by atoms with Gasteiger partial charge in [0.15, 0.2) is 0 Å². The topological polar surface area (TPSA) is 80.3 Å². The third-order valence-corrected chi connectivity index (χ3v) is 3.43. The third kappa shape index (κ3) is 4.29. The van der Waals surface area contributed by atoms with E-state index in [0.717, 1.165) is 16.8 Å². The van der Waals surface area contributed by atoms with E-state index >= 15 is 0 Å². The normalized spacial score (nSPS) is 10.0. The molecule has 0 atom stereocenters. The van der Waals surface area contributed by atoms with Crippen LogP contribution in [0.15, 0.2) is 36.5 Å². The molecule has 0 unspecified atom stereocenters. The molecule has 6 nitrogen and oxygen atoms in total. The van der Waals surface area contributed by atoms with Crippen LogP contribution < -0.4 is 10.6 Å². The Morgan fingerprint density at radius 2 is 1.96 bits per heavy atom. The lowest BCUT2D eigenvalue weighted by Gasteiger charge is -2.11. The van der Waals surface area contributed by atoms with E-state index in [4.69, 9.17) is 0 Å². The molecule has 1 aromatic carbocycles. The number of hydrogen-bond donors (Lipinski definition) is 2. The molecule has 1 aromatic heterocycles. The van der Waals surface area contributed by atoms with Crippen LogP contribution in [-0.4, -0.2) is 24.1 Å². The Balaban J connectivity index is 1.98. The summed E-state index contributed by atoms with van der Waals surface area (Å²) in [5.74, 6) is -0.408. The molecule has 0 saturated carbocycles. The van der Waals surface area contributed by atoms with E-state index in [-0.39, 0.29) is 6.03 Å². The molecule has 6 heteroatoms. The van der Waals surface area contributed by atoms with Crippen LogP contribution in [0.25, 0.3) is 0 Å². The second-order valence-electron chi connectivity index (χ2n) is 5.10. The van der Waals surface area contributed by atoms with Crippen LogP contribution in [0, 0.1) is 13.8 Å². The summed E-state index contributed by atoms with van der Waals surface area (Å²) in [5, 5.41) is 5.51. The zero-order valence-corrected chi connectivity index (χ0v) is 13.3. The number of nitrogens with one attached hydrogen (secondary N) is 2. The van der Waals surface area contributed by atoms with E-state index in [1.165, 1.54) is 7.11 Å². The molecule has 1 heterocycles. The maximum absolute atomic E-state index is 12.0. The number of pyridine rings is 1. The molecule has 120 valence electrons. The van der Waals surface area contributed by atoms with Gasteiger partial charge in [0.1, 0.15) is 0 Å². The van der Waals surface area contributed by atoms with Gasteiger partial charge in [0.2, 0.25) is 0 Å². The van der Waals surface area contributed by atoms with Crippen LogP contribution in [-0.2, 0) is 11.3 Å². The fraction of sp³-hybridized carbons (Fsp3) is 0.235. The van der Waals surface area contributed by atoms with Gasteiger partial charge in [-0.1, -0.05) is 6.07 Å². The van der Waals surface area contributed by atoms with Crippen LogP contribution in [0.1, 0.15) is 27.2 Å². The van der Waals surface area contributed by atoms with E-state index in [1.54, 1.807) is 24.4 Å². The van der Waals surface area contributed by atoms with Gasteiger partial charge in [-0.3, -0.25) is 4.98 Å². The predicted octanol–water partition coefficient (Wildman–Crippen LogP) is 2.81. The summed E-state index contributed by atoms with van der Waals surface area (Å²) >= 11 is 0. The van der Waals surface area contributed by atoms with Crippen molar-refractivity contribution in [3.8, 4) is 0 Å². The Bertz CT molecular complexity index is 729. The molecule has 0 aliphatic rings. The van der Waals surface area contributed by atoms with Crippen molar-refractivity contribution >= 4 is 17.7 Å². The highest BCUT2D eigenvalue weighted by Gasteiger charge is 2.10. The Morgan fingerprint density at radius 3 is 2.61 bits per heavy atom. The quantitative estimate of drug-likeness (QED) is 0.851. The second kappa shape index (κ2) is 7.40. The number of rotatable bonds is 4. The second-order valence-corrected chi connectivity index (χ2v) is 5.10. The first-order valence-corrected chi connectivity index (χ1v) is 7.15. The fourth-order valence-corrected chi connectivity index (χ4v) is 2.08. The van der Waals surface area contributed by atoms with Gasteiger partial charge in [0, 0.05) is 11.9 Å². The Morgan fingerprint density at radius 1 is 1.17 bits per heavy atom. The number of aromatic nitrogens is 1. The monoisotopic (exact) mass is 313 g/mol. The summed E-state index contributed by atoms with van der Waals surface area (Å²) in [7, 11) is 1.33. The number of aryl methyl sites for hydroxylation is 2. The highest BCUT2D eigenvalue weighted by atomic mass is 16.5. The number of benzene rings is 1. The number of carbonyl (C=O) groups excluding carboxylic acids is 2.